The Balaban J connectivity index is 1.77. The zero-order valence-corrected chi connectivity index (χ0v) is 16.1. The van der Waals surface area contributed by atoms with Crippen LogP contribution in [0.2, 0.25) is 0 Å². The zero-order valence-electron chi connectivity index (χ0n) is 15.3. The van der Waals surface area contributed by atoms with E-state index >= 15 is 0 Å². The number of hydrogen-bond acceptors (Lipinski definition) is 4. The van der Waals surface area contributed by atoms with Gasteiger partial charge in [0.05, 0.1) is 15.9 Å². The zero-order chi connectivity index (χ0) is 18.7. The summed E-state index contributed by atoms with van der Waals surface area (Å²) in [5, 5.41) is 9.77. The van der Waals surface area contributed by atoms with E-state index in [1.165, 1.54) is 31.0 Å². The Morgan fingerprint density at radius 3 is 2.23 bits per heavy atom. The Bertz CT molecular complexity index is 848. The molecular weight excluding hydrogens is 348 g/mol. The van der Waals surface area contributed by atoms with Gasteiger partial charge < -0.3 is 9.84 Å². The second-order valence-electron chi connectivity index (χ2n) is 7.12. The Hall–Kier alpha value is -2.01. The molecule has 0 aromatic heterocycles. The fourth-order valence-electron chi connectivity index (χ4n) is 3.39. The van der Waals surface area contributed by atoms with E-state index in [0.717, 1.165) is 18.8 Å². The van der Waals surface area contributed by atoms with Crippen LogP contribution in [0.4, 0.5) is 0 Å². The van der Waals surface area contributed by atoms with Crippen molar-refractivity contribution in [1.29, 1.82) is 0 Å². The van der Waals surface area contributed by atoms with Crippen LogP contribution < -0.4 is 4.74 Å². The third kappa shape index (κ3) is 4.04. The topological polar surface area (TPSA) is 63.6 Å². The first-order valence-corrected chi connectivity index (χ1v) is 10.7. The lowest BCUT2D eigenvalue weighted by Crippen LogP contribution is -2.23. The van der Waals surface area contributed by atoms with Crippen molar-refractivity contribution in [3.8, 4) is 11.5 Å². The molecule has 2 aromatic carbocycles. The first-order chi connectivity index (χ1) is 12.4. The minimum absolute atomic E-state index is 0.122. The molecule has 2 aromatic rings. The predicted octanol–water partition coefficient (Wildman–Crippen LogP) is 4.74. The average molecular weight is 375 g/mol. The number of aromatic hydroxyl groups is 1. The van der Waals surface area contributed by atoms with Crippen LogP contribution in [0, 0.1) is 5.92 Å². The van der Waals surface area contributed by atoms with Crippen molar-refractivity contribution < 1.29 is 18.3 Å². The number of hydrogen-bond donors (Lipinski definition) is 1. The average Bonchev–Trinajstić information content (AvgIpc) is 2.64. The molecule has 0 aliphatic heterocycles. The number of phenols is 1. The van der Waals surface area contributed by atoms with Gasteiger partial charge in [-0.3, -0.25) is 0 Å². The van der Waals surface area contributed by atoms with Crippen LogP contribution in [0.25, 0.3) is 0 Å². The maximum absolute atomic E-state index is 12.8. The van der Waals surface area contributed by atoms with Crippen molar-refractivity contribution in [3.63, 3.8) is 0 Å². The Kier molecular flexibility index (Phi) is 5.56. The van der Waals surface area contributed by atoms with Gasteiger partial charge in [0.1, 0.15) is 11.5 Å². The summed E-state index contributed by atoms with van der Waals surface area (Å²) in [5.74, 6) is 1.60. The highest BCUT2D eigenvalue weighted by Gasteiger charge is 2.21. The van der Waals surface area contributed by atoms with Gasteiger partial charge in [-0.1, -0.05) is 13.8 Å². The molecule has 0 heterocycles. The van der Waals surface area contributed by atoms with Gasteiger partial charge in [-0.25, -0.2) is 8.42 Å². The van der Waals surface area contributed by atoms with E-state index in [-0.39, 0.29) is 21.6 Å². The molecule has 140 valence electrons. The fourth-order valence-corrected chi connectivity index (χ4v) is 4.70. The third-order valence-electron chi connectivity index (χ3n) is 5.14. The van der Waals surface area contributed by atoms with Crippen molar-refractivity contribution in [3.05, 3.63) is 48.0 Å². The van der Waals surface area contributed by atoms with Gasteiger partial charge in [0, 0.05) is 0 Å². The highest BCUT2D eigenvalue weighted by Crippen LogP contribution is 2.30. The monoisotopic (exact) mass is 374 g/mol. The van der Waals surface area contributed by atoms with E-state index in [0.29, 0.717) is 17.7 Å². The summed E-state index contributed by atoms with van der Waals surface area (Å²) >= 11 is 0. The number of ether oxygens (including phenoxy) is 1. The molecule has 0 radical (unpaired) electrons. The van der Waals surface area contributed by atoms with Gasteiger partial charge in [-0.2, -0.15) is 0 Å². The summed E-state index contributed by atoms with van der Waals surface area (Å²) in [6.45, 7) is 4.15. The number of aryl methyl sites for hydroxylation is 1. The lowest BCUT2D eigenvalue weighted by atomic mass is 9.89. The fraction of sp³-hybridized carbons (Fsp3) is 0.429. The molecule has 26 heavy (non-hydrogen) atoms. The lowest BCUT2D eigenvalue weighted by molar-refractivity contribution is 0.135. The van der Waals surface area contributed by atoms with Crippen molar-refractivity contribution in [2.45, 2.75) is 61.8 Å². The molecule has 0 spiro atoms. The van der Waals surface area contributed by atoms with Crippen LogP contribution in [0.3, 0.4) is 0 Å². The second kappa shape index (κ2) is 7.70. The van der Waals surface area contributed by atoms with E-state index in [2.05, 4.69) is 6.92 Å². The van der Waals surface area contributed by atoms with E-state index in [1.54, 1.807) is 24.3 Å². The molecule has 0 amide bonds. The summed E-state index contributed by atoms with van der Waals surface area (Å²) in [4.78, 5) is 0.428. The molecule has 0 unspecified atom stereocenters. The molecule has 0 bridgehead atoms. The molecular formula is C21H26O4S. The Morgan fingerprint density at radius 1 is 1.00 bits per heavy atom. The van der Waals surface area contributed by atoms with Gasteiger partial charge in [0.2, 0.25) is 9.84 Å². The lowest BCUT2D eigenvalue weighted by Gasteiger charge is -2.26. The number of sulfone groups is 1. The van der Waals surface area contributed by atoms with Gasteiger partial charge in [0.15, 0.2) is 0 Å². The first kappa shape index (κ1) is 18.8. The summed E-state index contributed by atoms with van der Waals surface area (Å²) in [6.07, 6.45) is 5.25. The molecule has 1 saturated carbocycles. The quantitative estimate of drug-likeness (QED) is 0.821. The summed E-state index contributed by atoms with van der Waals surface area (Å²) in [6, 6.07) is 11.1. The highest BCUT2D eigenvalue weighted by molar-refractivity contribution is 7.91. The smallest absolute Gasteiger partial charge is 0.206 e. The van der Waals surface area contributed by atoms with Crippen LogP contribution >= 0.6 is 0 Å². The van der Waals surface area contributed by atoms with Gasteiger partial charge >= 0.3 is 0 Å². The van der Waals surface area contributed by atoms with Crippen molar-refractivity contribution in [2.24, 2.45) is 5.92 Å². The minimum Gasteiger partial charge on any atom is -0.508 e. The van der Waals surface area contributed by atoms with Crippen LogP contribution in [0.5, 0.6) is 11.5 Å². The highest BCUT2D eigenvalue weighted by atomic mass is 32.2. The predicted molar refractivity (Wildman–Crippen MR) is 101 cm³/mol. The van der Waals surface area contributed by atoms with Crippen molar-refractivity contribution >= 4 is 9.84 Å². The van der Waals surface area contributed by atoms with E-state index in [4.69, 9.17) is 4.74 Å². The molecule has 4 nitrogen and oxygen atoms in total. The van der Waals surface area contributed by atoms with Gasteiger partial charge in [0.25, 0.3) is 0 Å². The second-order valence-corrected chi connectivity index (χ2v) is 9.07. The van der Waals surface area contributed by atoms with E-state index < -0.39 is 9.84 Å². The molecule has 0 saturated heterocycles. The third-order valence-corrected chi connectivity index (χ3v) is 6.91. The summed E-state index contributed by atoms with van der Waals surface area (Å²) in [7, 11) is -3.61. The van der Waals surface area contributed by atoms with Crippen LogP contribution in [-0.4, -0.2) is 19.6 Å². The number of phenolic OH excluding ortho intramolecular Hbond substituents is 1. The molecule has 0 atom stereocenters. The molecule has 1 aliphatic carbocycles. The maximum Gasteiger partial charge on any atom is 0.206 e. The molecule has 3 rings (SSSR count). The molecule has 1 N–H and O–H groups in total. The number of benzene rings is 2. The Morgan fingerprint density at radius 2 is 1.62 bits per heavy atom. The van der Waals surface area contributed by atoms with Crippen LogP contribution in [0.1, 0.15) is 45.1 Å². The largest absolute Gasteiger partial charge is 0.508 e. The SMILES string of the molecule is CCc1cc(S(=O)(=O)c2ccc(OC3CCC(C)CC3)cc2)ccc1O. The van der Waals surface area contributed by atoms with Gasteiger partial charge in [-0.05, 0) is 86.1 Å². The molecule has 1 aliphatic rings. The van der Waals surface area contributed by atoms with Gasteiger partial charge in [-0.15, -0.1) is 0 Å². The van der Waals surface area contributed by atoms with Crippen LogP contribution in [-0.2, 0) is 16.3 Å². The maximum atomic E-state index is 12.8. The number of rotatable bonds is 5. The van der Waals surface area contributed by atoms with E-state index in [1.807, 2.05) is 6.92 Å². The van der Waals surface area contributed by atoms with E-state index in [9.17, 15) is 13.5 Å². The van der Waals surface area contributed by atoms with Crippen molar-refractivity contribution in [1.82, 2.24) is 0 Å². The summed E-state index contributed by atoms with van der Waals surface area (Å²) in [5.41, 5.74) is 0.623. The standard InChI is InChI=1S/C21H26O4S/c1-3-16-14-20(12-13-21(16)22)26(23,24)19-10-8-18(9-11-19)25-17-6-4-15(2)5-7-17/h8-15,17,22H,3-7H2,1-2H3. The van der Waals surface area contributed by atoms with Crippen molar-refractivity contribution in [2.75, 3.05) is 0 Å². The Labute approximate surface area is 155 Å². The van der Waals surface area contributed by atoms with Crippen LogP contribution in [0.15, 0.2) is 52.3 Å². The molecule has 1 fully saturated rings. The molecule has 5 heteroatoms. The normalized spacial score (nSPS) is 20.7. The summed E-state index contributed by atoms with van der Waals surface area (Å²) < 4.78 is 31.7. The first-order valence-electron chi connectivity index (χ1n) is 9.24. The minimum atomic E-state index is -3.61.